The summed E-state index contributed by atoms with van der Waals surface area (Å²) < 4.78 is 11.4. The van der Waals surface area contributed by atoms with Crippen LogP contribution in [-0.2, 0) is 9.47 Å². The van der Waals surface area contributed by atoms with Crippen molar-refractivity contribution in [1.82, 2.24) is 9.80 Å². The first kappa shape index (κ1) is 21.3. The topological polar surface area (TPSA) is 37.3 Å². The fraction of sp³-hybridized carbons (Fsp3) is 0.476. The van der Waals surface area contributed by atoms with E-state index in [1.54, 1.807) is 7.11 Å². The van der Waals surface area contributed by atoms with Gasteiger partial charge in [-0.3, -0.25) is 9.89 Å². The third kappa shape index (κ3) is 6.28. The Morgan fingerprint density at radius 1 is 1.30 bits per heavy atom. The van der Waals surface area contributed by atoms with Crippen molar-refractivity contribution in [2.24, 2.45) is 4.99 Å². The first-order chi connectivity index (χ1) is 13.1. The molecule has 1 heterocycles. The Kier molecular flexibility index (Phi) is 8.66. The van der Waals surface area contributed by atoms with E-state index in [2.05, 4.69) is 27.3 Å². The molecule has 5 nitrogen and oxygen atoms in total. The fourth-order valence-electron chi connectivity index (χ4n) is 3.07. The molecule has 0 aromatic carbocycles. The minimum Gasteiger partial charge on any atom is -0.493 e. The number of rotatable bonds is 8. The maximum atomic E-state index is 6.17. The van der Waals surface area contributed by atoms with E-state index in [1.807, 2.05) is 19.1 Å². The number of hydrogen-bond acceptors (Lipinski definition) is 5. The van der Waals surface area contributed by atoms with Crippen molar-refractivity contribution in [3.05, 3.63) is 47.1 Å². The van der Waals surface area contributed by atoms with Crippen LogP contribution >= 0.6 is 11.6 Å². The van der Waals surface area contributed by atoms with Gasteiger partial charge in [-0.1, -0.05) is 24.1 Å². The molecule has 146 valence electrons. The molecule has 0 atom stereocenters. The average molecular weight is 390 g/mol. The van der Waals surface area contributed by atoms with Crippen molar-refractivity contribution >= 4 is 17.3 Å². The van der Waals surface area contributed by atoms with Crippen molar-refractivity contribution in [2.75, 3.05) is 53.0 Å². The Bertz CT molecular complexity index is 689. The van der Waals surface area contributed by atoms with Crippen LogP contribution in [-0.4, -0.2) is 68.5 Å². The van der Waals surface area contributed by atoms with E-state index in [4.69, 9.17) is 27.5 Å². The highest BCUT2D eigenvalue weighted by Gasteiger charge is 2.20. The summed E-state index contributed by atoms with van der Waals surface area (Å²) in [6.45, 7) is 12.0. The van der Waals surface area contributed by atoms with Gasteiger partial charge < -0.3 is 14.4 Å². The molecular formula is C21H28ClN3O2. The van der Waals surface area contributed by atoms with Crippen molar-refractivity contribution in [3.63, 3.8) is 0 Å². The van der Waals surface area contributed by atoms with Crippen LogP contribution in [0.1, 0.15) is 13.3 Å². The summed E-state index contributed by atoms with van der Waals surface area (Å²) in [5, 5.41) is 0.643. The summed E-state index contributed by atoms with van der Waals surface area (Å²) in [5.41, 5.74) is 1.53. The molecule has 1 saturated heterocycles. The van der Waals surface area contributed by atoms with Gasteiger partial charge >= 0.3 is 0 Å². The molecule has 0 amide bonds. The molecule has 0 unspecified atom stereocenters. The van der Waals surface area contributed by atoms with Gasteiger partial charge in [0.05, 0.1) is 26.0 Å². The lowest BCUT2D eigenvalue weighted by atomic mass is 10.0. The van der Waals surface area contributed by atoms with Crippen LogP contribution in [0.3, 0.4) is 0 Å². The number of nitrogens with zero attached hydrogens (tertiary/aromatic N) is 3. The zero-order valence-corrected chi connectivity index (χ0v) is 17.0. The third-order valence-corrected chi connectivity index (χ3v) is 4.74. The van der Waals surface area contributed by atoms with Gasteiger partial charge in [0.25, 0.3) is 0 Å². The number of allylic oxidation sites excluding steroid dienone is 4. The zero-order valence-electron chi connectivity index (χ0n) is 16.2. The van der Waals surface area contributed by atoms with Crippen molar-refractivity contribution < 1.29 is 9.47 Å². The smallest absolute Gasteiger partial charge is 0.163 e. The van der Waals surface area contributed by atoms with E-state index < -0.39 is 0 Å². The van der Waals surface area contributed by atoms with E-state index in [0.717, 1.165) is 57.0 Å². The van der Waals surface area contributed by atoms with Crippen LogP contribution < -0.4 is 0 Å². The molecule has 2 rings (SSSR count). The molecule has 0 bridgehead atoms. The molecule has 1 aliphatic heterocycles. The largest absolute Gasteiger partial charge is 0.493 e. The number of hydrogen-bond donors (Lipinski definition) is 0. The first-order valence-corrected chi connectivity index (χ1v) is 9.51. The van der Waals surface area contributed by atoms with E-state index in [9.17, 15) is 0 Å². The van der Waals surface area contributed by atoms with E-state index in [-0.39, 0.29) is 0 Å². The molecule has 0 radical (unpaired) electrons. The maximum absolute atomic E-state index is 6.17. The van der Waals surface area contributed by atoms with Crippen LogP contribution in [0.15, 0.2) is 52.0 Å². The second-order valence-corrected chi connectivity index (χ2v) is 6.96. The number of terminal acetylenes is 1. The van der Waals surface area contributed by atoms with Gasteiger partial charge in [-0.2, -0.15) is 0 Å². The van der Waals surface area contributed by atoms with Gasteiger partial charge in [0.2, 0.25) is 0 Å². The van der Waals surface area contributed by atoms with Gasteiger partial charge in [0, 0.05) is 55.6 Å². The van der Waals surface area contributed by atoms with E-state index in [0.29, 0.717) is 23.2 Å². The molecular weight excluding hydrogens is 362 g/mol. The fourth-order valence-corrected chi connectivity index (χ4v) is 3.22. The normalized spacial score (nSPS) is 21.9. The lowest BCUT2D eigenvalue weighted by molar-refractivity contribution is 0.123. The summed E-state index contributed by atoms with van der Waals surface area (Å²) in [6, 6.07) is 0. The highest BCUT2D eigenvalue weighted by molar-refractivity contribution is 6.33. The Hall–Kier alpha value is -2.00. The molecule has 0 N–H and O–H groups in total. The lowest BCUT2D eigenvalue weighted by Gasteiger charge is -2.33. The Labute approximate surface area is 167 Å². The summed E-state index contributed by atoms with van der Waals surface area (Å²) >= 11 is 6.17. The van der Waals surface area contributed by atoms with Crippen molar-refractivity contribution in [2.45, 2.75) is 13.3 Å². The minimum atomic E-state index is 0.609. The zero-order chi connectivity index (χ0) is 19.6. The summed E-state index contributed by atoms with van der Waals surface area (Å²) in [7, 11) is 1.62. The minimum absolute atomic E-state index is 0.609. The number of aliphatic imine (C=N–C) groups is 1. The van der Waals surface area contributed by atoms with Crippen LogP contribution in [0.2, 0.25) is 0 Å². The highest BCUT2D eigenvalue weighted by Crippen LogP contribution is 2.26. The SMILES string of the molecule is C#CCN1CCN(CCCOC2=CC(=NC=C)/C(=C(\C)Cl)C=C2OC)CC1. The van der Waals surface area contributed by atoms with Gasteiger partial charge in [-0.25, -0.2) is 0 Å². The Morgan fingerprint density at radius 3 is 2.59 bits per heavy atom. The number of halogens is 1. The predicted octanol–water partition coefficient (Wildman–Crippen LogP) is 3.17. The number of ether oxygens (including phenoxy) is 2. The second kappa shape index (κ2) is 11.0. The van der Waals surface area contributed by atoms with Crippen LogP contribution in [0.4, 0.5) is 0 Å². The first-order valence-electron chi connectivity index (χ1n) is 9.13. The van der Waals surface area contributed by atoms with Crippen molar-refractivity contribution in [1.29, 1.82) is 0 Å². The maximum Gasteiger partial charge on any atom is 0.163 e. The van der Waals surface area contributed by atoms with Gasteiger partial charge in [0.15, 0.2) is 11.5 Å². The Morgan fingerprint density at radius 2 is 2.00 bits per heavy atom. The lowest BCUT2D eigenvalue weighted by Crippen LogP contribution is -2.46. The van der Waals surface area contributed by atoms with E-state index in [1.165, 1.54) is 6.20 Å². The molecule has 27 heavy (non-hydrogen) atoms. The van der Waals surface area contributed by atoms with E-state index >= 15 is 0 Å². The quantitative estimate of drug-likeness (QED) is 0.472. The van der Waals surface area contributed by atoms with Crippen LogP contribution in [0, 0.1) is 12.3 Å². The average Bonchev–Trinajstić information content (AvgIpc) is 2.67. The Balaban J connectivity index is 1.86. The number of piperazine rings is 1. The molecule has 0 aromatic heterocycles. The predicted molar refractivity (Wildman–Crippen MR) is 112 cm³/mol. The highest BCUT2D eigenvalue weighted by atomic mass is 35.5. The summed E-state index contributed by atoms with van der Waals surface area (Å²) in [5.74, 6) is 4.02. The van der Waals surface area contributed by atoms with Gasteiger partial charge in [-0.05, 0) is 19.4 Å². The molecule has 0 saturated carbocycles. The van der Waals surface area contributed by atoms with Crippen LogP contribution in [0.25, 0.3) is 0 Å². The second-order valence-electron chi connectivity index (χ2n) is 6.39. The molecule has 2 aliphatic rings. The molecule has 6 heteroatoms. The van der Waals surface area contributed by atoms with Gasteiger partial charge in [-0.15, -0.1) is 6.42 Å². The molecule has 0 aromatic rings. The standard InChI is InChI=1S/C21H28ClN3O2/c1-5-8-24-10-12-25(13-11-24)9-7-14-27-21-16-19(23-6-2)18(17(3)22)15-20(21)26-4/h1,6,15-16H,2,7-14H2,3-4H3/b18-17+,23-19?. The molecule has 0 spiro atoms. The number of methoxy groups -OCH3 is 1. The van der Waals surface area contributed by atoms with Crippen molar-refractivity contribution in [3.8, 4) is 12.3 Å². The van der Waals surface area contributed by atoms with Crippen LogP contribution in [0.5, 0.6) is 0 Å². The van der Waals surface area contributed by atoms with Gasteiger partial charge in [0.1, 0.15) is 0 Å². The summed E-state index contributed by atoms with van der Waals surface area (Å²) in [4.78, 5) is 9.03. The monoisotopic (exact) mass is 389 g/mol. The summed E-state index contributed by atoms with van der Waals surface area (Å²) in [6.07, 6.45) is 11.5. The molecule has 1 aliphatic carbocycles. The molecule has 1 fully saturated rings. The third-order valence-electron chi connectivity index (χ3n) is 4.54.